The Hall–Kier alpha value is -1.96. The average molecular weight is 242 g/mol. The standard InChI is InChI=1S/C16H15FO/c1-16(17,12-18)15-9-7-14(8-10-15)11-13-5-3-2-4-6-13/h2-10,12H,11H2,1H3. The zero-order chi connectivity index (χ0) is 13.0. The Labute approximate surface area is 106 Å². The SMILES string of the molecule is CC(F)(C=O)c1ccc(Cc2ccccc2)cc1. The van der Waals surface area contributed by atoms with E-state index in [9.17, 15) is 9.18 Å². The molecular weight excluding hydrogens is 227 g/mol. The van der Waals surface area contributed by atoms with E-state index in [0.717, 1.165) is 12.0 Å². The molecule has 0 heterocycles. The molecule has 0 N–H and O–H groups in total. The lowest BCUT2D eigenvalue weighted by Crippen LogP contribution is -2.16. The average Bonchev–Trinajstić information content (AvgIpc) is 2.40. The number of carbonyl (C=O) groups excluding carboxylic acids is 1. The minimum absolute atomic E-state index is 0.333. The number of benzene rings is 2. The monoisotopic (exact) mass is 242 g/mol. The predicted molar refractivity (Wildman–Crippen MR) is 70.2 cm³/mol. The highest BCUT2D eigenvalue weighted by Gasteiger charge is 2.24. The zero-order valence-corrected chi connectivity index (χ0v) is 10.3. The number of rotatable bonds is 4. The maximum atomic E-state index is 13.7. The molecule has 0 aromatic heterocycles. The number of carbonyl (C=O) groups is 1. The van der Waals surface area contributed by atoms with Crippen LogP contribution in [0.1, 0.15) is 23.6 Å². The van der Waals surface area contributed by atoms with Crippen LogP contribution in [0.5, 0.6) is 0 Å². The minimum Gasteiger partial charge on any atom is -0.299 e. The van der Waals surface area contributed by atoms with Crippen LogP contribution in [0.2, 0.25) is 0 Å². The molecule has 0 amide bonds. The maximum absolute atomic E-state index is 13.7. The molecule has 2 aromatic rings. The van der Waals surface area contributed by atoms with Gasteiger partial charge >= 0.3 is 0 Å². The normalized spacial score (nSPS) is 13.9. The lowest BCUT2D eigenvalue weighted by molar-refractivity contribution is -0.117. The van der Waals surface area contributed by atoms with Crippen LogP contribution in [0, 0.1) is 0 Å². The van der Waals surface area contributed by atoms with E-state index in [1.54, 1.807) is 12.1 Å². The van der Waals surface area contributed by atoms with Gasteiger partial charge in [-0.1, -0.05) is 54.6 Å². The van der Waals surface area contributed by atoms with Crippen molar-refractivity contribution >= 4 is 6.29 Å². The van der Waals surface area contributed by atoms with Gasteiger partial charge in [0, 0.05) is 0 Å². The highest BCUT2D eigenvalue weighted by Crippen LogP contribution is 2.23. The third-order valence-corrected chi connectivity index (χ3v) is 2.99. The fourth-order valence-electron chi connectivity index (χ4n) is 1.85. The van der Waals surface area contributed by atoms with Crippen molar-refractivity contribution in [2.75, 3.05) is 0 Å². The van der Waals surface area contributed by atoms with Crippen molar-refractivity contribution in [1.29, 1.82) is 0 Å². The Morgan fingerprint density at radius 3 is 2.11 bits per heavy atom. The van der Waals surface area contributed by atoms with Gasteiger partial charge in [0.1, 0.15) is 0 Å². The van der Waals surface area contributed by atoms with E-state index in [0.29, 0.717) is 11.8 Å². The van der Waals surface area contributed by atoms with Crippen LogP contribution in [0.25, 0.3) is 0 Å². The molecule has 2 heteroatoms. The van der Waals surface area contributed by atoms with Crippen molar-refractivity contribution in [2.24, 2.45) is 0 Å². The number of hydrogen-bond donors (Lipinski definition) is 0. The Morgan fingerprint density at radius 2 is 1.56 bits per heavy atom. The third-order valence-electron chi connectivity index (χ3n) is 2.99. The fourth-order valence-corrected chi connectivity index (χ4v) is 1.85. The highest BCUT2D eigenvalue weighted by molar-refractivity contribution is 5.65. The van der Waals surface area contributed by atoms with E-state index in [4.69, 9.17) is 0 Å². The second-order valence-corrected chi connectivity index (χ2v) is 4.55. The summed E-state index contributed by atoms with van der Waals surface area (Å²) in [7, 11) is 0. The van der Waals surface area contributed by atoms with E-state index in [1.165, 1.54) is 12.5 Å². The van der Waals surface area contributed by atoms with Gasteiger partial charge in [-0.05, 0) is 30.0 Å². The van der Waals surface area contributed by atoms with Crippen LogP contribution in [-0.4, -0.2) is 6.29 Å². The van der Waals surface area contributed by atoms with Crippen molar-refractivity contribution < 1.29 is 9.18 Å². The second-order valence-electron chi connectivity index (χ2n) is 4.55. The van der Waals surface area contributed by atoms with Crippen LogP contribution >= 0.6 is 0 Å². The molecule has 0 aliphatic carbocycles. The first-order valence-corrected chi connectivity index (χ1v) is 5.90. The first-order chi connectivity index (χ1) is 8.62. The molecule has 18 heavy (non-hydrogen) atoms. The Bertz CT molecular complexity index is 515. The topological polar surface area (TPSA) is 17.1 Å². The van der Waals surface area contributed by atoms with E-state index in [-0.39, 0.29) is 0 Å². The molecule has 1 nitrogen and oxygen atoms in total. The highest BCUT2D eigenvalue weighted by atomic mass is 19.1. The van der Waals surface area contributed by atoms with Gasteiger partial charge in [-0.25, -0.2) is 4.39 Å². The van der Waals surface area contributed by atoms with E-state index in [2.05, 4.69) is 12.1 Å². The molecule has 0 aliphatic rings. The van der Waals surface area contributed by atoms with Gasteiger partial charge in [0.05, 0.1) is 0 Å². The summed E-state index contributed by atoms with van der Waals surface area (Å²) in [4.78, 5) is 10.6. The number of hydrogen-bond acceptors (Lipinski definition) is 1. The summed E-state index contributed by atoms with van der Waals surface area (Å²) >= 11 is 0. The molecule has 0 radical (unpaired) electrons. The number of alkyl halides is 1. The molecule has 0 bridgehead atoms. The van der Waals surface area contributed by atoms with E-state index in [1.807, 2.05) is 30.3 Å². The summed E-state index contributed by atoms with van der Waals surface area (Å²) < 4.78 is 13.7. The molecule has 0 aliphatic heterocycles. The lowest BCUT2D eigenvalue weighted by Gasteiger charge is -2.13. The largest absolute Gasteiger partial charge is 0.299 e. The Kier molecular flexibility index (Phi) is 3.56. The summed E-state index contributed by atoms with van der Waals surface area (Å²) in [5.74, 6) is 0. The molecule has 92 valence electrons. The van der Waals surface area contributed by atoms with E-state index >= 15 is 0 Å². The molecule has 0 fully saturated rings. The summed E-state index contributed by atoms with van der Waals surface area (Å²) in [6.07, 6.45) is 1.14. The Morgan fingerprint density at radius 1 is 1.00 bits per heavy atom. The van der Waals surface area contributed by atoms with Gasteiger partial charge in [-0.2, -0.15) is 0 Å². The van der Waals surface area contributed by atoms with Crippen molar-refractivity contribution in [3.63, 3.8) is 0 Å². The summed E-state index contributed by atoms with van der Waals surface area (Å²) in [6, 6.07) is 17.2. The fraction of sp³-hybridized carbons (Fsp3) is 0.188. The van der Waals surface area contributed by atoms with Crippen LogP contribution < -0.4 is 0 Å². The first kappa shape index (κ1) is 12.5. The molecular formula is C16H15FO. The van der Waals surface area contributed by atoms with Gasteiger partial charge in [0.15, 0.2) is 12.0 Å². The number of halogens is 1. The van der Waals surface area contributed by atoms with E-state index < -0.39 is 5.67 Å². The van der Waals surface area contributed by atoms with Crippen LogP contribution in [0.4, 0.5) is 4.39 Å². The van der Waals surface area contributed by atoms with Gasteiger partial charge in [0.25, 0.3) is 0 Å². The van der Waals surface area contributed by atoms with Crippen molar-refractivity contribution in [3.8, 4) is 0 Å². The van der Waals surface area contributed by atoms with Crippen LogP contribution in [-0.2, 0) is 16.9 Å². The molecule has 1 atom stereocenters. The Balaban J connectivity index is 2.16. The van der Waals surface area contributed by atoms with Crippen molar-refractivity contribution in [2.45, 2.75) is 19.0 Å². The minimum atomic E-state index is -1.90. The van der Waals surface area contributed by atoms with Crippen LogP contribution in [0.3, 0.4) is 0 Å². The molecule has 2 aromatic carbocycles. The van der Waals surface area contributed by atoms with Gasteiger partial charge in [-0.15, -0.1) is 0 Å². The summed E-state index contributed by atoms with van der Waals surface area (Å²) in [5.41, 5.74) is 0.815. The molecule has 1 unspecified atom stereocenters. The molecule has 2 rings (SSSR count). The lowest BCUT2D eigenvalue weighted by atomic mass is 9.96. The quantitative estimate of drug-likeness (QED) is 0.748. The molecule has 0 saturated heterocycles. The molecule has 0 saturated carbocycles. The van der Waals surface area contributed by atoms with Crippen LogP contribution in [0.15, 0.2) is 54.6 Å². The summed E-state index contributed by atoms with van der Waals surface area (Å²) in [6.45, 7) is 1.27. The zero-order valence-electron chi connectivity index (χ0n) is 10.3. The third kappa shape index (κ3) is 2.83. The maximum Gasteiger partial charge on any atom is 0.187 e. The number of aldehydes is 1. The van der Waals surface area contributed by atoms with Gasteiger partial charge in [-0.3, -0.25) is 4.79 Å². The first-order valence-electron chi connectivity index (χ1n) is 5.90. The second kappa shape index (κ2) is 5.13. The molecule has 0 spiro atoms. The van der Waals surface area contributed by atoms with Crippen molar-refractivity contribution in [1.82, 2.24) is 0 Å². The smallest absolute Gasteiger partial charge is 0.187 e. The van der Waals surface area contributed by atoms with Crippen molar-refractivity contribution in [3.05, 3.63) is 71.3 Å². The predicted octanol–water partition coefficient (Wildman–Crippen LogP) is 3.66. The van der Waals surface area contributed by atoms with Gasteiger partial charge < -0.3 is 0 Å². The van der Waals surface area contributed by atoms with Gasteiger partial charge in [0.2, 0.25) is 0 Å². The summed E-state index contributed by atoms with van der Waals surface area (Å²) in [5, 5.41) is 0.